The fraction of sp³-hybridized carbons (Fsp3) is 0.0909. The Morgan fingerprint density at radius 3 is 2.90 bits per heavy atom. The van der Waals surface area contributed by atoms with Crippen molar-refractivity contribution in [3.05, 3.63) is 35.9 Å². The number of nitrogens with one attached hydrogen (secondary N) is 2. The third-order valence-corrected chi connectivity index (χ3v) is 2.13. The first-order chi connectivity index (χ1) is 9.65. The van der Waals surface area contributed by atoms with Gasteiger partial charge in [-0.25, -0.2) is 0 Å². The molecule has 2 N–H and O–H groups in total. The number of rotatable bonds is 5. The van der Waals surface area contributed by atoms with Gasteiger partial charge in [0.15, 0.2) is 0 Å². The van der Waals surface area contributed by atoms with Crippen LogP contribution in [0.3, 0.4) is 0 Å². The first-order valence-electron chi connectivity index (χ1n) is 5.41. The first-order valence-corrected chi connectivity index (χ1v) is 5.41. The molecule has 1 aromatic carbocycles. The number of nitrogens with zero attached hydrogens (tertiary/aromatic N) is 3. The number of para-hydroxylation sites is 1. The van der Waals surface area contributed by atoms with Crippen LogP contribution in [0.4, 0.5) is 14.7 Å². The molecular formula is C11H9F2N5O2. The van der Waals surface area contributed by atoms with Gasteiger partial charge in [0.05, 0.1) is 0 Å². The van der Waals surface area contributed by atoms with Crippen LogP contribution in [0.5, 0.6) is 5.75 Å². The largest absolute Gasteiger partial charge is 0.434 e. The lowest BCUT2D eigenvalue weighted by atomic mass is 10.2. The van der Waals surface area contributed by atoms with Crippen molar-refractivity contribution in [1.29, 1.82) is 0 Å². The van der Waals surface area contributed by atoms with Crippen LogP contribution in [0, 0.1) is 0 Å². The number of aromatic amines is 1. The Balaban J connectivity index is 2.05. The summed E-state index contributed by atoms with van der Waals surface area (Å²) in [4.78, 5) is 11.5. The molecule has 2 rings (SSSR count). The molecule has 1 amide bonds. The van der Waals surface area contributed by atoms with E-state index in [1.165, 1.54) is 18.2 Å². The number of benzene rings is 1. The minimum absolute atomic E-state index is 0.0109. The minimum Gasteiger partial charge on any atom is -0.434 e. The van der Waals surface area contributed by atoms with Gasteiger partial charge in [-0.05, 0) is 17.4 Å². The number of anilines is 1. The number of ether oxygens (including phenoxy) is 1. The van der Waals surface area contributed by atoms with Gasteiger partial charge in [-0.3, -0.25) is 10.1 Å². The van der Waals surface area contributed by atoms with Gasteiger partial charge in [-0.2, -0.15) is 14.0 Å². The fourth-order valence-electron chi connectivity index (χ4n) is 1.35. The van der Waals surface area contributed by atoms with Crippen molar-refractivity contribution >= 4 is 17.9 Å². The molecule has 0 spiro atoms. The number of hydrogen-bond acceptors (Lipinski definition) is 5. The lowest BCUT2D eigenvalue weighted by Crippen LogP contribution is -2.09. The van der Waals surface area contributed by atoms with Crippen LogP contribution >= 0.6 is 0 Å². The molecule has 0 radical (unpaired) electrons. The molecule has 0 fully saturated rings. The molecule has 0 saturated carbocycles. The standard InChI is InChI=1S/C11H9F2N5O2/c12-10(13)20-8-4-2-1-3-7(8)5-6-9(19)14-11-15-17-18-16-11/h1-6,10H,(H2,14,15,16,17,18,19)/b6-5-. The van der Waals surface area contributed by atoms with E-state index in [0.717, 1.165) is 6.08 Å². The Morgan fingerprint density at radius 1 is 1.40 bits per heavy atom. The van der Waals surface area contributed by atoms with Gasteiger partial charge in [0.25, 0.3) is 11.9 Å². The molecule has 0 aliphatic carbocycles. The second-order valence-electron chi connectivity index (χ2n) is 3.47. The quantitative estimate of drug-likeness (QED) is 0.809. The topological polar surface area (TPSA) is 92.8 Å². The van der Waals surface area contributed by atoms with Crippen LogP contribution in [0.25, 0.3) is 6.08 Å². The summed E-state index contributed by atoms with van der Waals surface area (Å²) < 4.78 is 28.7. The average Bonchev–Trinajstić information content (AvgIpc) is 2.90. The van der Waals surface area contributed by atoms with E-state index in [4.69, 9.17) is 0 Å². The van der Waals surface area contributed by atoms with Crippen LogP contribution in [-0.2, 0) is 4.79 Å². The summed E-state index contributed by atoms with van der Waals surface area (Å²) in [6.45, 7) is -2.93. The maximum absolute atomic E-state index is 12.2. The minimum atomic E-state index is -2.93. The van der Waals surface area contributed by atoms with E-state index in [1.54, 1.807) is 12.1 Å². The van der Waals surface area contributed by atoms with Crippen molar-refractivity contribution in [2.45, 2.75) is 6.61 Å². The second-order valence-corrected chi connectivity index (χ2v) is 3.47. The summed E-state index contributed by atoms with van der Waals surface area (Å²) in [6, 6.07) is 6.10. The SMILES string of the molecule is O=C(/C=C\c1ccccc1OC(F)F)Nc1nn[nH]n1. The Kier molecular flexibility index (Phi) is 4.32. The van der Waals surface area contributed by atoms with Crippen LogP contribution in [0.15, 0.2) is 30.3 Å². The highest BCUT2D eigenvalue weighted by Gasteiger charge is 2.07. The van der Waals surface area contributed by atoms with E-state index in [0.29, 0.717) is 5.56 Å². The molecule has 0 bridgehead atoms. The lowest BCUT2D eigenvalue weighted by molar-refractivity contribution is -0.111. The van der Waals surface area contributed by atoms with Crippen LogP contribution in [0.2, 0.25) is 0 Å². The van der Waals surface area contributed by atoms with Crippen molar-refractivity contribution in [3.63, 3.8) is 0 Å². The monoisotopic (exact) mass is 281 g/mol. The number of carbonyl (C=O) groups is 1. The van der Waals surface area contributed by atoms with Gasteiger partial charge in [0.2, 0.25) is 0 Å². The maximum atomic E-state index is 12.2. The highest BCUT2D eigenvalue weighted by atomic mass is 19.3. The third kappa shape index (κ3) is 3.83. The van der Waals surface area contributed by atoms with Gasteiger partial charge in [-0.15, -0.1) is 5.10 Å². The zero-order valence-electron chi connectivity index (χ0n) is 9.96. The molecule has 2 aromatic rings. The van der Waals surface area contributed by atoms with Crippen LogP contribution < -0.4 is 10.1 Å². The number of tetrazole rings is 1. The van der Waals surface area contributed by atoms with E-state index < -0.39 is 12.5 Å². The Bertz CT molecular complexity index is 601. The number of halogens is 2. The van der Waals surface area contributed by atoms with E-state index >= 15 is 0 Å². The average molecular weight is 281 g/mol. The lowest BCUT2D eigenvalue weighted by Gasteiger charge is -2.07. The highest BCUT2D eigenvalue weighted by Crippen LogP contribution is 2.21. The number of H-pyrrole nitrogens is 1. The summed E-state index contributed by atoms with van der Waals surface area (Å²) in [6.07, 6.45) is 2.48. The van der Waals surface area contributed by atoms with Crippen molar-refractivity contribution in [3.8, 4) is 5.75 Å². The van der Waals surface area contributed by atoms with Crippen molar-refractivity contribution in [2.75, 3.05) is 5.32 Å². The zero-order chi connectivity index (χ0) is 14.4. The van der Waals surface area contributed by atoms with Gasteiger partial charge in [0.1, 0.15) is 5.75 Å². The number of hydrogen-bond donors (Lipinski definition) is 2. The summed E-state index contributed by atoms with van der Waals surface area (Å²) >= 11 is 0. The van der Waals surface area contributed by atoms with Crippen LogP contribution in [0.1, 0.15) is 5.56 Å². The second kappa shape index (κ2) is 6.36. The molecular weight excluding hydrogens is 272 g/mol. The molecule has 0 saturated heterocycles. The molecule has 0 atom stereocenters. The van der Waals surface area contributed by atoms with Gasteiger partial charge in [0, 0.05) is 11.6 Å². The zero-order valence-corrected chi connectivity index (χ0v) is 9.96. The van der Waals surface area contributed by atoms with E-state index in [2.05, 4.69) is 30.7 Å². The highest BCUT2D eigenvalue weighted by molar-refractivity contribution is 6.01. The van der Waals surface area contributed by atoms with E-state index in [-0.39, 0.29) is 11.7 Å². The number of aromatic nitrogens is 4. The number of amides is 1. The number of carbonyl (C=O) groups excluding carboxylic acids is 1. The van der Waals surface area contributed by atoms with E-state index in [1.807, 2.05) is 0 Å². The predicted molar refractivity (Wildman–Crippen MR) is 64.9 cm³/mol. The van der Waals surface area contributed by atoms with Crippen LogP contribution in [-0.4, -0.2) is 33.1 Å². The normalized spacial score (nSPS) is 10.9. The van der Waals surface area contributed by atoms with Gasteiger partial charge in [-0.1, -0.05) is 23.3 Å². The number of alkyl halides is 2. The summed E-state index contributed by atoms with van der Waals surface area (Å²) in [5, 5.41) is 14.8. The fourth-order valence-corrected chi connectivity index (χ4v) is 1.35. The maximum Gasteiger partial charge on any atom is 0.387 e. The molecule has 1 heterocycles. The molecule has 7 nitrogen and oxygen atoms in total. The Labute approximate surface area is 111 Å². The van der Waals surface area contributed by atoms with Crippen molar-refractivity contribution in [2.24, 2.45) is 0 Å². The Hall–Kier alpha value is -2.84. The summed E-state index contributed by atoms with van der Waals surface area (Å²) in [5.41, 5.74) is 0.344. The molecule has 9 heteroatoms. The molecule has 104 valence electrons. The molecule has 0 aliphatic heterocycles. The summed E-state index contributed by atoms with van der Waals surface area (Å²) in [5.74, 6) is -0.541. The third-order valence-electron chi connectivity index (χ3n) is 2.13. The molecule has 0 unspecified atom stereocenters. The van der Waals surface area contributed by atoms with Crippen molar-refractivity contribution in [1.82, 2.24) is 20.6 Å². The predicted octanol–water partition coefficient (Wildman–Crippen LogP) is 1.45. The summed E-state index contributed by atoms with van der Waals surface area (Å²) in [7, 11) is 0. The molecule has 1 aromatic heterocycles. The smallest absolute Gasteiger partial charge is 0.387 e. The Morgan fingerprint density at radius 2 is 2.20 bits per heavy atom. The van der Waals surface area contributed by atoms with Gasteiger partial charge >= 0.3 is 6.61 Å². The van der Waals surface area contributed by atoms with Gasteiger partial charge < -0.3 is 4.74 Å². The van der Waals surface area contributed by atoms with E-state index in [9.17, 15) is 13.6 Å². The first kappa shape index (κ1) is 13.6. The molecule has 20 heavy (non-hydrogen) atoms. The molecule has 0 aliphatic rings. The van der Waals surface area contributed by atoms with Crippen molar-refractivity contribution < 1.29 is 18.3 Å².